The SMILES string of the molecule is CCc1ccccc1NC(=O)CN(C)C(=O)c1cc(C)n(-c2ccccc2F)c1C. The fourth-order valence-electron chi connectivity index (χ4n) is 3.62. The van der Waals surface area contributed by atoms with Crippen LogP contribution in [0.5, 0.6) is 0 Å². The van der Waals surface area contributed by atoms with Crippen LogP contribution in [0, 0.1) is 19.7 Å². The van der Waals surface area contributed by atoms with E-state index in [1.54, 1.807) is 42.8 Å². The molecule has 0 spiro atoms. The van der Waals surface area contributed by atoms with Crippen LogP contribution >= 0.6 is 0 Å². The number of nitrogens with one attached hydrogen (secondary N) is 1. The third kappa shape index (κ3) is 4.27. The largest absolute Gasteiger partial charge is 0.332 e. The maximum atomic E-state index is 14.3. The summed E-state index contributed by atoms with van der Waals surface area (Å²) in [6.07, 6.45) is 0.799. The van der Waals surface area contributed by atoms with Gasteiger partial charge in [0.25, 0.3) is 5.91 Å². The quantitative estimate of drug-likeness (QED) is 0.654. The summed E-state index contributed by atoms with van der Waals surface area (Å²) < 4.78 is 16.0. The highest BCUT2D eigenvalue weighted by molar-refractivity contribution is 6.00. The second kappa shape index (κ2) is 8.95. The number of benzene rings is 2. The Bertz CT molecular complexity index is 1090. The number of para-hydroxylation sites is 2. The van der Waals surface area contributed by atoms with Gasteiger partial charge in [0.2, 0.25) is 5.91 Å². The fraction of sp³-hybridized carbons (Fsp3) is 0.250. The molecular formula is C24H26FN3O2. The van der Waals surface area contributed by atoms with Gasteiger partial charge in [-0.1, -0.05) is 37.3 Å². The number of rotatable bonds is 6. The molecule has 0 radical (unpaired) electrons. The number of amides is 2. The van der Waals surface area contributed by atoms with Gasteiger partial charge >= 0.3 is 0 Å². The number of anilines is 1. The summed E-state index contributed by atoms with van der Waals surface area (Å²) in [6.45, 7) is 5.54. The lowest BCUT2D eigenvalue weighted by Crippen LogP contribution is -2.35. The van der Waals surface area contributed by atoms with E-state index in [4.69, 9.17) is 0 Å². The standard InChI is InChI=1S/C24H26FN3O2/c1-5-18-10-6-8-12-21(18)26-23(29)15-27(4)24(30)19-14-16(2)28(17(19)3)22-13-9-7-11-20(22)25/h6-14H,5,15H2,1-4H3,(H,26,29). The van der Waals surface area contributed by atoms with Crippen LogP contribution in [0.1, 0.15) is 34.2 Å². The van der Waals surface area contributed by atoms with E-state index in [1.807, 2.05) is 38.1 Å². The van der Waals surface area contributed by atoms with Crippen LogP contribution in [0.4, 0.5) is 10.1 Å². The third-order valence-electron chi connectivity index (χ3n) is 5.15. The van der Waals surface area contributed by atoms with Gasteiger partial charge in [-0.15, -0.1) is 0 Å². The van der Waals surface area contributed by atoms with Crippen molar-refractivity contribution in [2.75, 3.05) is 18.9 Å². The van der Waals surface area contributed by atoms with E-state index in [1.165, 1.54) is 11.0 Å². The molecule has 6 heteroatoms. The summed E-state index contributed by atoms with van der Waals surface area (Å²) in [6, 6.07) is 15.8. The maximum absolute atomic E-state index is 14.3. The molecule has 0 aliphatic carbocycles. The molecule has 0 saturated carbocycles. The average molecular weight is 407 g/mol. The molecule has 1 heterocycles. The number of carbonyl (C=O) groups excluding carboxylic acids is 2. The lowest BCUT2D eigenvalue weighted by molar-refractivity contribution is -0.116. The lowest BCUT2D eigenvalue weighted by atomic mass is 10.1. The Hall–Kier alpha value is -3.41. The Balaban J connectivity index is 1.77. The molecule has 0 aliphatic heterocycles. The molecule has 2 aromatic carbocycles. The molecule has 156 valence electrons. The van der Waals surface area contributed by atoms with Crippen molar-refractivity contribution in [2.45, 2.75) is 27.2 Å². The van der Waals surface area contributed by atoms with Crippen LogP contribution in [-0.4, -0.2) is 34.9 Å². The van der Waals surface area contributed by atoms with Crippen molar-refractivity contribution in [1.29, 1.82) is 0 Å². The molecule has 0 saturated heterocycles. The minimum Gasteiger partial charge on any atom is -0.332 e. The average Bonchev–Trinajstić information content (AvgIpc) is 3.02. The van der Waals surface area contributed by atoms with Gasteiger partial charge in [-0.3, -0.25) is 9.59 Å². The molecular weight excluding hydrogens is 381 g/mol. The van der Waals surface area contributed by atoms with Crippen molar-refractivity contribution in [3.63, 3.8) is 0 Å². The highest BCUT2D eigenvalue weighted by Crippen LogP contribution is 2.23. The number of nitrogens with zero attached hydrogens (tertiary/aromatic N) is 2. The van der Waals surface area contributed by atoms with Gasteiger partial charge < -0.3 is 14.8 Å². The first-order valence-corrected chi connectivity index (χ1v) is 9.90. The molecule has 3 rings (SSSR count). The second-order valence-electron chi connectivity index (χ2n) is 7.29. The molecule has 30 heavy (non-hydrogen) atoms. The second-order valence-corrected chi connectivity index (χ2v) is 7.29. The molecule has 0 fully saturated rings. The van der Waals surface area contributed by atoms with E-state index in [0.717, 1.165) is 23.4 Å². The summed E-state index contributed by atoms with van der Waals surface area (Å²) in [5.74, 6) is -0.917. The molecule has 0 aliphatic rings. The van der Waals surface area contributed by atoms with Crippen molar-refractivity contribution in [2.24, 2.45) is 0 Å². The molecule has 0 atom stereocenters. The van der Waals surface area contributed by atoms with E-state index in [0.29, 0.717) is 16.9 Å². The Labute approximate surface area is 176 Å². The Morgan fingerprint density at radius 1 is 1.07 bits per heavy atom. The number of hydrogen-bond donors (Lipinski definition) is 1. The van der Waals surface area contributed by atoms with Crippen molar-refractivity contribution < 1.29 is 14.0 Å². The van der Waals surface area contributed by atoms with Gasteiger partial charge in [-0.2, -0.15) is 0 Å². The molecule has 1 aromatic heterocycles. The van der Waals surface area contributed by atoms with Gasteiger partial charge in [0.1, 0.15) is 5.82 Å². The highest BCUT2D eigenvalue weighted by Gasteiger charge is 2.22. The minimum atomic E-state index is -0.361. The molecule has 5 nitrogen and oxygen atoms in total. The van der Waals surface area contributed by atoms with Gasteiger partial charge in [0.15, 0.2) is 0 Å². The minimum absolute atomic E-state index is 0.0831. The zero-order valence-electron chi connectivity index (χ0n) is 17.7. The fourth-order valence-corrected chi connectivity index (χ4v) is 3.62. The van der Waals surface area contributed by atoms with Crippen molar-refractivity contribution in [1.82, 2.24) is 9.47 Å². The zero-order chi connectivity index (χ0) is 21.8. The monoisotopic (exact) mass is 407 g/mol. The number of aryl methyl sites for hydroxylation is 2. The summed E-state index contributed by atoms with van der Waals surface area (Å²) >= 11 is 0. The Morgan fingerprint density at radius 3 is 2.43 bits per heavy atom. The molecule has 0 unspecified atom stereocenters. The van der Waals surface area contributed by atoms with E-state index in [-0.39, 0.29) is 24.2 Å². The third-order valence-corrected chi connectivity index (χ3v) is 5.15. The van der Waals surface area contributed by atoms with Crippen molar-refractivity contribution in [3.05, 3.63) is 82.9 Å². The molecule has 3 aromatic rings. The van der Waals surface area contributed by atoms with Crippen LogP contribution in [0.25, 0.3) is 5.69 Å². The topological polar surface area (TPSA) is 54.3 Å². The number of hydrogen-bond acceptors (Lipinski definition) is 2. The van der Waals surface area contributed by atoms with E-state index < -0.39 is 0 Å². The van der Waals surface area contributed by atoms with Crippen LogP contribution in [-0.2, 0) is 11.2 Å². The Kier molecular flexibility index (Phi) is 6.35. The number of carbonyl (C=O) groups is 2. The first-order valence-electron chi connectivity index (χ1n) is 9.90. The summed E-state index contributed by atoms with van der Waals surface area (Å²) in [5.41, 5.74) is 4.00. The first kappa shape index (κ1) is 21.3. The number of likely N-dealkylation sites (N-methyl/N-ethyl adjacent to an activating group) is 1. The van der Waals surface area contributed by atoms with E-state index >= 15 is 0 Å². The summed E-state index contributed by atoms with van der Waals surface area (Å²) in [5, 5.41) is 2.88. The van der Waals surface area contributed by atoms with Gasteiger partial charge in [-0.05, 0) is 50.1 Å². The predicted molar refractivity (Wildman–Crippen MR) is 117 cm³/mol. The Morgan fingerprint density at radius 2 is 1.73 bits per heavy atom. The summed E-state index contributed by atoms with van der Waals surface area (Å²) in [7, 11) is 1.59. The van der Waals surface area contributed by atoms with Crippen LogP contribution in [0.15, 0.2) is 54.6 Å². The van der Waals surface area contributed by atoms with E-state index in [9.17, 15) is 14.0 Å². The van der Waals surface area contributed by atoms with Crippen molar-refractivity contribution >= 4 is 17.5 Å². The lowest BCUT2D eigenvalue weighted by Gasteiger charge is -2.18. The van der Waals surface area contributed by atoms with Crippen LogP contribution in [0.3, 0.4) is 0 Å². The molecule has 2 amide bonds. The highest BCUT2D eigenvalue weighted by atomic mass is 19.1. The van der Waals surface area contributed by atoms with Crippen molar-refractivity contribution in [3.8, 4) is 5.69 Å². The number of aromatic nitrogens is 1. The van der Waals surface area contributed by atoms with E-state index in [2.05, 4.69) is 5.32 Å². The zero-order valence-corrected chi connectivity index (χ0v) is 17.7. The van der Waals surface area contributed by atoms with Gasteiger partial charge in [0.05, 0.1) is 17.8 Å². The van der Waals surface area contributed by atoms with Gasteiger partial charge in [0, 0.05) is 24.1 Å². The summed E-state index contributed by atoms with van der Waals surface area (Å²) in [4.78, 5) is 26.9. The van der Waals surface area contributed by atoms with Crippen LogP contribution < -0.4 is 5.32 Å². The number of halogens is 1. The normalized spacial score (nSPS) is 10.7. The van der Waals surface area contributed by atoms with Gasteiger partial charge in [-0.25, -0.2) is 4.39 Å². The van der Waals surface area contributed by atoms with Crippen LogP contribution in [0.2, 0.25) is 0 Å². The smallest absolute Gasteiger partial charge is 0.255 e. The molecule has 0 bridgehead atoms. The molecule has 1 N–H and O–H groups in total. The maximum Gasteiger partial charge on any atom is 0.255 e. The first-order chi connectivity index (χ1) is 14.3. The predicted octanol–water partition coefficient (Wildman–Crippen LogP) is 4.51.